The van der Waals surface area contributed by atoms with Gasteiger partial charge >= 0.3 is 0 Å². The Morgan fingerprint density at radius 3 is 2.70 bits per heavy atom. The van der Waals surface area contributed by atoms with Crippen molar-refractivity contribution in [1.82, 2.24) is 4.57 Å². The van der Waals surface area contributed by atoms with Crippen molar-refractivity contribution < 1.29 is 9.47 Å². The van der Waals surface area contributed by atoms with Crippen LogP contribution in [0, 0.1) is 0 Å². The van der Waals surface area contributed by atoms with E-state index >= 15 is 0 Å². The van der Waals surface area contributed by atoms with E-state index in [-0.39, 0.29) is 11.6 Å². The molecule has 0 amide bonds. The average Bonchev–Trinajstić information content (AvgIpc) is 3.25. The molecule has 0 saturated heterocycles. The second kappa shape index (κ2) is 9.71. The number of nitrogens with zero attached hydrogens (tertiary/aromatic N) is 2. The molecule has 0 N–H and O–H groups in total. The Hall–Kier alpha value is -4.16. The summed E-state index contributed by atoms with van der Waals surface area (Å²) < 4.78 is 13.6. The third-order valence-electron chi connectivity index (χ3n) is 6.83. The summed E-state index contributed by atoms with van der Waals surface area (Å²) in [5, 5.41) is 0. The van der Waals surface area contributed by atoms with Crippen molar-refractivity contribution in [1.29, 1.82) is 0 Å². The zero-order chi connectivity index (χ0) is 25.4. The molecule has 2 aliphatic rings. The Labute approximate surface area is 219 Å². The lowest BCUT2D eigenvalue weighted by atomic mass is 9.83. The molecule has 1 aliphatic carbocycles. The number of hydrogen-bond donors (Lipinski definition) is 0. The summed E-state index contributed by atoms with van der Waals surface area (Å²) in [4.78, 5) is 19.7. The number of aromatic nitrogens is 1. The maximum atomic E-state index is 13.9. The van der Waals surface area contributed by atoms with Crippen LogP contribution in [0.2, 0.25) is 0 Å². The number of allylic oxidation sites excluding steroid dienone is 1. The van der Waals surface area contributed by atoms with Gasteiger partial charge in [0.2, 0.25) is 0 Å². The number of thiazole rings is 1. The first kappa shape index (κ1) is 23.3. The van der Waals surface area contributed by atoms with Crippen molar-refractivity contribution in [2.75, 3.05) is 13.7 Å². The highest BCUT2D eigenvalue weighted by Crippen LogP contribution is 2.41. The third-order valence-corrected chi connectivity index (χ3v) is 7.81. The fourth-order valence-corrected chi connectivity index (χ4v) is 6.11. The number of ether oxygens (including phenoxy) is 2. The van der Waals surface area contributed by atoms with Gasteiger partial charge in [0.1, 0.15) is 18.1 Å². The van der Waals surface area contributed by atoms with Crippen LogP contribution in [0.3, 0.4) is 0 Å². The highest BCUT2D eigenvalue weighted by Gasteiger charge is 2.32. The van der Waals surface area contributed by atoms with Crippen molar-refractivity contribution in [3.8, 4) is 11.5 Å². The molecular formula is C31H26N2O3S. The van der Waals surface area contributed by atoms with Crippen molar-refractivity contribution in [2.45, 2.75) is 18.9 Å². The predicted octanol–water partition coefficient (Wildman–Crippen LogP) is 4.89. The molecule has 6 heteroatoms. The quantitative estimate of drug-likeness (QED) is 0.350. The number of rotatable bonds is 6. The topological polar surface area (TPSA) is 52.8 Å². The predicted molar refractivity (Wildman–Crippen MR) is 148 cm³/mol. The van der Waals surface area contributed by atoms with Crippen LogP contribution in [-0.4, -0.2) is 18.3 Å². The lowest BCUT2D eigenvalue weighted by molar-refractivity contribution is 0.363. The third kappa shape index (κ3) is 4.23. The second-order valence-corrected chi connectivity index (χ2v) is 10.1. The lowest BCUT2D eigenvalue weighted by Gasteiger charge is -2.30. The van der Waals surface area contributed by atoms with E-state index in [9.17, 15) is 4.79 Å². The molecule has 4 aromatic rings. The molecule has 6 rings (SSSR count). The maximum absolute atomic E-state index is 13.9. The molecule has 2 heterocycles. The highest BCUT2D eigenvalue weighted by atomic mass is 32.1. The van der Waals surface area contributed by atoms with Gasteiger partial charge in [-0.05, 0) is 65.4 Å². The van der Waals surface area contributed by atoms with Gasteiger partial charge in [-0.3, -0.25) is 9.36 Å². The van der Waals surface area contributed by atoms with Crippen LogP contribution in [-0.2, 0) is 6.42 Å². The molecule has 0 saturated carbocycles. The van der Waals surface area contributed by atoms with E-state index in [0.717, 1.165) is 46.7 Å². The van der Waals surface area contributed by atoms with Gasteiger partial charge in [0, 0.05) is 5.56 Å². The van der Waals surface area contributed by atoms with Crippen molar-refractivity contribution in [3.05, 3.63) is 133 Å². The Bertz CT molecular complexity index is 1710. The minimum Gasteiger partial charge on any atom is -0.497 e. The fraction of sp³-hybridized carbons (Fsp3) is 0.161. The number of methoxy groups -OCH3 is 1. The molecule has 184 valence electrons. The number of fused-ring (bicyclic) bond motifs is 3. The zero-order valence-corrected chi connectivity index (χ0v) is 21.3. The van der Waals surface area contributed by atoms with Crippen LogP contribution < -0.4 is 24.4 Å². The van der Waals surface area contributed by atoms with E-state index in [1.807, 2.05) is 47.0 Å². The van der Waals surface area contributed by atoms with Crippen LogP contribution >= 0.6 is 11.3 Å². The Balaban J connectivity index is 1.54. The molecule has 0 radical (unpaired) electrons. The number of aryl methyl sites for hydroxylation is 1. The van der Waals surface area contributed by atoms with Gasteiger partial charge < -0.3 is 9.47 Å². The monoisotopic (exact) mass is 506 g/mol. The van der Waals surface area contributed by atoms with E-state index in [4.69, 9.17) is 14.5 Å². The van der Waals surface area contributed by atoms with E-state index in [2.05, 4.69) is 43.0 Å². The number of hydrogen-bond acceptors (Lipinski definition) is 5. The molecular weight excluding hydrogens is 480 g/mol. The summed E-state index contributed by atoms with van der Waals surface area (Å²) in [7, 11) is 1.66. The van der Waals surface area contributed by atoms with E-state index in [0.29, 0.717) is 15.9 Å². The first-order valence-electron chi connectivity index (χ1n) is 12.3. The van der Waals surface area contributed by atoms with Crippen LogP contribution in [0.15, 0.2) is 101 Å². The van der Waals surface area contributed by atoms with Gasteiger partial charge in [-0.25, -0.2) is 4.99 Å². The van der Waals surface area contributed by atoms with E-state index in [1.54, 1.807) is 13.2 Å². The minimum absolute atomic E-state index is 0.0348. The van der Waals surface area contributed by atoms with Crippen LogP contribution in [0.4, 0.5) is 0 Å². The molecule has 1 atom stereocenters. The summed E-state index contributed by atoms with van der Waals surface area (Å²) in [5.74, 6) is 1.53. The molecule has 0 fully saturated rings. The van der Waals surface area contributed by atoms with Gasteiger partial charge in [-0.15, -0.1) is 0 Å². The highest BCUT2D eigenvalue weighted by molar-refractivity contribution is 7.07. The summed E-state index contributed by atoms with van der Waals surface area (Å²) >= 11 is 1.43. The first-order chi connectivity index (χ1) is 18.2. The summed E-state index contributed by atoms with van der Waals surface area (Å²) in [5.41, 5.74) is 6.56. The van der Waals surface area contributed by atoms with E-state index < -0.39 is 0 Å². The summed E-state index contributed by atoms with van der Waals surface area (Å²) in [6.07, 6.45) is 5.42. The molecule has 1 aliphatic heterocycles. The second-order valence-electron chi connectivity index (χ2n) is 9.06. The average molecular weight is 507 g/mol. The lowest BCUT2D eigenvalue weighted by Crippen LogP contribution is -2.38. The molecule has 0 bridgehead atoms. The van der Waals surface area contributed by atoms with Crippen LogP contribution in [0.5, 0.6) is 11.5 Å². The van der Waals surface area contributed by atoms with Crippen molar-refractivity contribution >= 4 is 23.1 Å². The van der Waals surface area contributed by atoms with E-state index in [1.165, 1.54) is 22.5 Å². The Morgan fingerprint density at radius 2 is 1.89 bits per heavy atom. The first-order valence-corrected chi connectivity index (χ1v) is 13.1. The molecule has 0 spiro atoms. The standard InChI is InChI=1S/C31H26N2O3S/c1-3-17-36-24-9-6-7-20(18-24)19-27-30(34)33-29(22-11-14-23(35-2)15-12-22)26-16-13-21-8-4-5-10-25(21)28(26)32-31(33)37-27/h3-12,14-15,18-19,29H,1,13,16-17H2,2H3/b27-19+/t29-/m0/s1. The van der Waals surface area contributed by atoms with Crippen molar-refractivity contribution in [2.24, 2.45) is 4.99 Å². The largest absolute Gasteiger partial charge is 0.497 e. The normalized spacial score (nSPS) is 16.4. The fourth-order valence-electron chi connectivity index (χ4n) is 5.11. The smallest absolute Gasteiger partial charge is 0.271 e. The molecule has 1 aromatic heterocycles. The molecule has 0 unspecified atom stereocenters. The SMILES string of the molecule is C=CCOc1cccc(/C=c2/sc3n(c2=O)[C@@H](c2ccc(OC)cc2)C2=C(N=3)c3ccccc3CC2)c1. The van der Waals surface area contributed by atoms with Gasteiger partial charge in [0.15, 0.2) is 4.80 Å². The van der Waals surface area contributed by atoms with Gasteiger partial charge in [0.05, 0.1) is 23.4 Å². The molecule has 5 nitrogen and oxygen atoms in total. The maximum Gasteiger partial charge on any atom is 0.271 e. The number of benzene rings is 3. The Kier molecular flexibility index (Phi) is 6.10. The van der Waals surface area contributed by atoms with Gasteiger partial charge in [0.25, 0.3) is 5.56 Å². The van der Waals surface area contributed by atoms with Crippen LogP contribution in [0.1, 0.15) is 34.7 Å². The molecule has 3 aromatic carbocycles. The molecule has 37 heavy (non-hydrogen) atoms. The van der Waals surface area contributed by atoms with Gasteiger partial charge in [-0.1, -0.05) is 72.5 Å². The Morgan fingerprint density at radius 1 is 1.05 bits per heavy atom. The summed E-state index contributed by atoms with van der Waals surface area (Å²) in [6, 6.07) is 24.0. The van der Waals surface area contributed by atoms with Crippen molar-refractivity contribution in [3.63, 3.8) is 0 Å². The van der Waals surface area contributed by atoms with Crippen LogP contribution in [0.25, 0.3) is 11.8 Å². The minimum atomic E-state index is -0.213. The van der Waals surface area contributed by atoms with Gasteiger partial charge in [-0.2, -0.15) is 0 Å². The zero-order valence-electron chi connectivity index (χ0n) is 20.5. The summed E-state index contributed by atoms with van der Waals surface area (Å²) in [6.45, 7) is 4.14.